The van der Waals surface area contributed by atoms with Crippen LogP contribution < -0.4 is 5.32 Å². The molecule has 0 aliphatic carbocycles. The van der Waals surface area contributed by atoms with Gasteiger partial charge in [-0.25, -0.2) is 0 Å². The molecule has 0 radical (unpaired) electrons. The van der Waals surface area contributed by atoms with Gasteiger partial charge in [0.05, 0.1) is 5.60 Å². The predicted molar refractivity (Wildman–Crippen MR) is 59.5 cm³/mol. The van der Waals surface area contributed by atoms with Crippen molar-refractivity contribution in [3.05, 3.63) is 0 Å². The maximum atomic E-state index is 11.4. The second-order valence-corrected chi connectivity index (χ2v) is 4.36. The van der Waals surface area contributed by atoms with Gasteiger partial charge in [-0.05, 0) is 6.42 Å². The molecular weight excluding hydrogens is 226 g/mol. The lowest BCUT2D eigenvalue weighted by atomic mass is 9.94. The number of carbonyl (C=O) groups is 2. The van der Waals surface area contributed by atoms with Crippen molar-refractivity contribution in [2.45, 2.75) is 37.7 Å². The number of aliphatic carboxylic acids is 1. The van der Waals surface area contributed by atoms with Crippen LogP contribution in [-0.2, 0) is 14.3 Å². The molecule has 98 valence electrons. The van der Waals surface area contributed by atoms with Gasteiger partial charge in [-0.15, -0.1) is 0 Å². The third-order valence-electron chi connectivity index (χ3n) is 2.83. The highest BCUT2D eigenvalue weighted by atomic mass is 16.5. The topological polar surface area (TPSA) is 95.9 Å². The van der Waals surface area contributed by atoms with Crippen LogP contribution in [0.4, 0.5) is 0 Å². The zero-order valence-corrected chi connectivity index (χ0v) is 9.78. The highest BCUT2D eigenvalue weighted by Gasteiger charge is 2.29. The van der Waals surface area contributed by atoms with E-state index in [9.17, 15) is 14.7 Å². The summed E-state index contributed by atoms with van der Waals surface area (Å²) in [6, 6.07) is 0. The quantitative estimate of drug-likeness (QED) is 0.607. The minimum Gasteiger partial charge on any atom is -0.481 e. The Hall–Kier alpha value is -1.14. The van der Waals surface area contributed by atoms with Gasteiger partial charge in [-0.3, -0.25) is 9.59 Å². The Morgan fingerprint density at radius 3 is 2.47 bits per heavy atom. The third kappa shape index (κ3) is 5.65. The number of hydrogen-bond donors (Lipinski definition) is 3. The lowest BCUT2D eigenvalue weighted by Crippen LogP contribution is -2.46. The highest BCUT2D eigenvalue weighted by Crippen LogP contribution is 2.19. The lowest BCUT2D eigenvalue weighted by Gasteiger charge is -2.32. The summed E-state index contributed by atoms with van der Waals surface area (Å²) in [7, 11) is 0. The number of rotatable bonds is 6. The fourth-order valence-electron chi connectivity index (χ4n) is 1.68. The number of amides is 1. The fourth-order valence-corrected chi connectivity index (χ4v) is 1.68. The van der Waals surface area contributed by atoms with Crippen molar-refractivity contribution in [1.29, 1.82) is 0 Å². The molecule has 6 heteroatoms. The van der Waals surface area contributed by atoms with Crippen LogP contribution >= 0.6 is 0 Å². The molecule has 1 saturated heterocycles. The molecule has 17 heavy (non-hydrogen) atoms. The Bertz CT molecular complexity index is 273. The van der Waals surface area contributed by atoms with E-state index in [1.807, 2.05) is 0 Å². The van der Waals surface area contributed by atoms with Crippen molar-refractivity contribution in [2.24, 2.45) is 0 Å². The van der Waals surface area contributed by atoms with Crippen molar-refractivity contribution in [3.63, 3.8) is 0 Å². The molecule has 1 amide bonds. The summed E-state index contributed by atoms with van der Waals surface area (Å²) >= 11 is 0. The first-order valence-electron chi connectivity index (χ1n) is 5.80. The zero-order chi connectivity index (χ0) is 12.7. The van der Waals surface area contributed by atoms with Crippen molar-refractivity contribution < 1.29 is 24.5 Å². The second kappa shape index (κ2) is 6.56. The van der Waals surface area contributed by atoms with Gasteiger partial charge in [-0.2, -0.15) is 0 Å². The largest absolute Gasteiger partial charge is 0.481 e. The average Bonchev–Trinajstić information content (AvgIpc) is 2.27. The van der Waals surface area contributed by atoms with Crippen LogP contribution in [0.5, 0.6) is 0 Å². The summed E-state index contributed by atoms with van der Waals surface area (Å²) in [6.07, 6.45) is 1.53. The summed E-state index contributed by atoms with van der Waals surface area (Å²) in [4.78, 5) is 21.6. The molecule has 6 nitrogen and oxygen atoms in total. The van der Waals surface area contributed by atoms with Crippen molar-refractivity contribution in [3.8, 4) is 0 Å². The van der Waals surface area contributed by atoms with E-state index in [1.54, 1.807) is 0 Å². The molecule has 3 N–H and O–H groups in total. The number of carboxylic acid groups (broad SMARTS) is 1. The van der Waals surface area contributed by atoms with Gasteiger partial charge in [0.15, 0.2) is 0 Å². The maximum Gasteiger partial charge on any atom is 0.303 e. The van der Waals surface area contributed by atoms with Crippen LogP contribution in [0.25, 0.3) is 0 Å². The Kier molecular flexibility index (Phi) is 5.37. The van der Waals surface area contributed by atoms with Crippen LogP contribution in [0.1, 0.15) is 32.1 Å². The van der Waals surface area contributed by atoms with Gasteiger partial charge < -0.3 is 20.3 Å². The molecule has 1 heterocycles. The Morgan fingerprint density at radius 1 is 1.24 bits per heavy atom. The molecule has 0 spiro atoms. The van der Waals surface area contributed by atoms with Crippen LogP contribution in [0.2, 0.25) is 0 Å². The summed E-state index contributed by atoms with van der Waals surface area (Å²) in [6.45, 7) is 1.22. The van der Waals surface area contributed by atoms with E-state index >= 15 is 0 Å². The lowest BCUT2D eigenvalue weighted by molar-refractivity contribution is -0.137. The number of ether oxygens (including phenoxy) is 1. The molecular formula is C11H19NO5. The standard InChI is InChI=1S/C11H19NO5/c13-9(2-1-3-10(14)15)12-8-11(16)4-6-17-7-5-11/h16H,1-8H2,(H,12,13)(H,14,15). The highest BCUT2D eigenvalue weighted by molar-refractivity contribution is 5.76. The van der Waals surface area contributed by atoms with E-state index in [2.05, 4.69) is 5.32 Å². The molecule has 0 bridgehead atoms. The number of aliphatic hydroxyl groups is 1. The van der Waals surface area contributed by atoms with E-state index in [-0.39, 0.29) is 25.3 Å². The third-order valence-corrected chi connectivity index (χ3v) is 2.83. The molecule has 1 aliphatic heterocycles. The first-order chi connectivity index (χ1) is 8.02. The number of hydrogen-bond acceptors (Lipinski definition) is 4. The van der Waals surface area contributed by atoms with Crippen LogP contribution in [0.15, 0.2) is 0 Å². The van der Waals surface area contributed by atoms with Crippen molar-refractivity contribution in [1.82, 2.24) is 5.32 Å². The molecule has 0 saturated carbocycles. The Morgan fingerprint density at radius 2 is 1.88 bits per heavy atom. The average molecular weight is 245 g/mol. The summed E-state index contributed by atoms with van der Waals surface area (Å²) in [5.74, 6) is -1.12. The number of carbonyl (C=O) groups excluding carboxylic acids is 1. The fraction of sp³-hybridized carbons (Fsp3) is 0.818. The molecule has 1 aliphatic rings. The van der Waals surface area contributed by atoms with E-state index < -0.39 is 11.6 Å². The van der Waals surface area contributed by atoms with Crippen LogP contribution in [-0.4, -0.2) is 47.4 Å². The van der Waals surface area contributed by atoms with E-state index in [0.29, 0.717) is 32.5 Å². The first kappa shape index (κ1) is 13.9. The summed E-state index contributed by atoms with van der Waals surface area (Å²) in [5, 5.41) is 21.1. The monoisotopic (exact) mass is 245 g/mol. The molecule has 0 aromatic rings. The molecule has 0 aromatic heterocycles. The van der Waals surface area contributed by atoms with Gasteiger partial charge in [0.1, 0.15) is 0 Å². The van der Waals surface area contributed by atoms with Gasteiger partial charge in [0, 0.05) is 45.4 Å². The minimum absolute atomic E-state index is 0.00840. The normalized spacial score (nSPS) is 18.6. The van der Waals surface area contributed by atoms with E-state index in [1.165, 1.54) is 0 Å². The van der Waals surface area contributed by atoms with Gasteiger partial charge in [0.25, 0.3) is 0 Å². The molecule has 0 aromatic carbocycles. The van der Waals surface area contributed by atoms with Crippen LogP contribution in [0.3, 0.4) is 0 Å². The summed E-state index contributed by atoms with van der Waals surface area (Å²) < 4.78 is 5.13. The smallest absolute Gasteiger partial charge is 0.303 e. The van der Waals surface area contributed by atoms with Crippen LogP contribution in [0, 0.1) is 0 Å². The number of nitrogens with one attached hydrogen (secondary N) is 1. The SMILES string of the molecule is O=C(O)CCCC(=O)NCC1(O)CCOCC1. The van der Waals surface area contributed by atoms with Gasteiger partial charge >= 0.3 is 5.97 Å². The zero-order valence-electron chi connectivity index (χ0n) is 9.78. The van der Waals surface area contributed by atoms with Gasteiger partial charge in [-0.1, -0.05) is 0 Å². The molecule has 0 atom stereocenters. The number of carboxylic acids is 1. The Labute approximate surface area is 100.0 Å². The molecule has 0 unspecified atom stereocenters. The maximum absolute atomic E-state index is 11.4. The predicted octanol–water partition coefficient (Wildman–Crippen LogP) is -0.101. The van der Waals surface area contributed by atoms with Crippen molar-refractivity contribution in [2.75, 3.05) is 19.8 Å². The first-order valence-corrected chi connectivity index (χ1v) is 5.80. The summed E-state index contributed by atoms with van der Waals surface area (Å²) in [5.41, 5.74) is -0.874. The van der Waals surface area contributed by atoms with Crippen molar-refractivity contribution >= 4 is 11.9 Å². The molecule has 1 rings (SSSR count). The second-order valence-electron chi connectivity index (χ2n) is 4.36. The Balaban J connectivity index is 2.16. The van der Waals surface area contributed by atoms with E-state index in [0.717, 1.165) is 0 Å². The molecule has 1 fully saturated rings. The van der Waals surface area contributed by atoms with Gasteiger partial charge in [0.2, 0.25) is 5.91 Å². The van der Waals surface area contributed by atoms with E-state index in [4.69, 9.17) is 9.84 Å². The minimum atomic E-state index is -0.902.